The Balaban J connectivity index is 1.90. The van der Waals surface area contributed by atoms with Crippen LogP contribution in [0.1, 0.15) is 10.4 Å². The van der Waals surface area contributed by atoms with Crippen molar-refractivity contribution in [3.05, 3.63) is 54.1 Å². The highest BCUT2D eigenvalue weighted by Crippen LogP contribution is 2.30. The first-order valence-electron chi connectivity index (χ1n) is 8.15. The summed E-state index contributed by atoms with van der Waals surface area (Å²) in [6.07, 6.45) is 0. The first-order chi connectivity index (χ1) is 12.5. The maximum absolute atomic E-state index is 13.0. The van der Waals surface area contributed by atoms with E-state index in [9.17, 15) is 13.2 Å². The third-order valence-corrected chi connectivity index (χ3v) is 5.97. The fourth-order valence-corrected chi connectivity index (χ4v) is 4.26. The summed E-state index contributed by atoms with van der Waals surface area (Å²) in [6, 6.07) is 13.3. The van der Waals surface area contributed by atoms with Crippen LogP contribution in [0.5, 0.6) is 5.75 Å². The van der Waals surface area contributed by atoms with Gasteiger partial charge in [0.2, 0.25) is 10.0 Å². The fourth-order valence-electron chi connectivity index (χ4n) is 2.67. The van der Waals surface area contributed by atoms with E-state index in [4.69, 9.17) is 9.47 Å². The van der Waals surface area contributed by atoms with Crippen molar-refractivity contribution in [1.29, 1.82) is 0 Å². The van der Waals surface area contributed by atoms with E-state index < -0.39 is 10.0 Å². The summed E-state index contributed by atoms with van der Waals surface area (Å²) in [6.45, 7) is 1.27. The van der Waals surface area contributed by atoms with E-state index >= 15 is 0 Å². The molecular weight excluding hydrogens is 356 g/mol. The van der Waals surface area contributed by atoms with E-state index in [0.29, 0.717) is 24.5 Å². The van der Waals surface area contributed by atoms with E-state index in [-0.39, 0.29) is 29.6 Å². The Bertz CT molecular complexity index is 878. The maximum Gasteiger partial charge on any atom is 0.255 e. The van der Waals surface area contributed by atoms with E-state index in [1.807, 2.05) is 6.07 Å². The molecule has 0 spiro atoms. The quantitative estimate of drug-likeness (QED) is 0.862. The number of ether oxygens (including phenoxy) is 2. The van der Waals surface area contributed by atoms with Crippen LogP contribution in [0.2, 0.25) is 0 Å². The molecule has 0 aromatic heterocycles. The summed E-state index contributed by atoms with van der Waals surface area (Å²) in [4.78, 5) is 12.3. The number of amides is 1. The van der Waals surface area contributed by atoms with Gasteiger partial charge in [-0.1, -0.05) is 18.2 Å². The van der Waals surface area contributed by atoms with Crippen molar-refractivity contribution in [2.45, 2.75) is 4.90 Å². The predicted octanol–water partition coefficient (Wildman–Crippen LogP) is 1.97. The van der Waals surface area contributed by atoms with Crippen molar-refractivity contribution in [2.24, 2.45) is 0 Å². The Morgan fingerprint density at radius 1 is 1.12 bits per heavy atom. The Kier molecular flexibility index (Phi) is 5.55. The molecule has 0 atom stereocenters. The molecule has 1 aliphatic heterocycles. The SMILES string of the molecule is COc1ccc(NC(=O)c2ccccc2)cc1S(=O)(=O)N1CCOCC1. The normalized spacial score (nSPS) is 15.4. The molecule has 1 amide bonds. The molecular formula is C18H20N2O5S. The Hall–Kier alpha value is -2.42. The van der Waals surface area contributed by atoms with Crippen molar-refractivity contribution in [3.8, 4) is 5.75 Å². The number of benzene rings is 2. The third-order valence-electron chi connectivity index (χ3n) is 4.05. The zero-order valence-electron chi connectivity index (χ0n) is 14.3. The van der Waals surface area contributed by atoms with Crippen LogP contribution >= 0.6 is 0 Å². The number of hydrogen-bond donors (Lipinski definition) is 1. The van der Waals surface area contributed by atoms with E-state index in [0.717, 1.165) is 0 Å². The van der Waals surface area contributed by atoms with Gasteiger partial charge in [0.15, 0.2) is 0 Å². The average Bonchev–Trinajstić information content (AvgIpc) is 2.69. The molecule has 1 saturated heterocycles. The molecule has 26 heavy (non-hydrogen) atoms. The van der Waals surface area contributed by atoms with Crippen LogP contribution in [0.25, 0.3) is 0 Å². The van der Waals surface area contributed by atoms with Crippen LogP contribution < -0.4 is 10.1 Å². The molecule has 0 unspecified atom stereocenters. The van der Waals surface area contributed by atoms with Gasteiger partial charge in [0.05, 0.1) is 20.3 Å². The molecule has 0 bridgehead atoms. The number of methoxy groups -OCH3 is 1. The molecule has 138 valence electrons. The Labute approximate surface area is 152 Å². The summed E-state index contributed by atoms with van der Waals surface area (Å²) in [5.41, 5.74) is 0.868. The van der Waals surface area contributed by atoms with Crippen LogP contribution in [-0.4, -0.2) is 52.0 Å². The average molecular weight is 376 g/mol. The smallest absolute Gasteiger partial charge is 0.255 e. The first-order valence-corrected chi connectivity index (χ1v) is 9.59. The van der Waals surface area contributed by atoms with Gasteiger partial charge < -0.3 is 14.8 Å². The first kappa shape index (κ1) is 18.4. The predicted molar refractivity (Wildman–Crippen MR) is 97.0 cm³/mol. The number of anilines is 1. The number of morpholine rings is 1. The highest BCUT2D eigenvalue weighted by molar-refractivity contribution is 7.89. The molecule has 1 N–H and O–H groups in total. The Morgan fingerprint density at radius 3 is 2.46 bits per heavy atom. The summed E-state index contributed by atoms with van der Waals surface area (Å²) in [5.74, 6) is -0.0836. The van der Waals surface area contributed by atoms with Crippen molar-refractivity contribution >= 4 is 21.6 Å². The molecule has 1 fully saturated rings. The van der Waals surface area contributed by atoms with Crippen LogP contribution in [-0.2, 0) is 14.8 Å². The van der Waals surface area contributed by atoms with Gasteiger partial charge in [-0.3, -0.25) is 4.79 Å². The summed E-state index contributed by atoms with van der Waals surface area (Å²) < 4.78 is 37.7. The summed E-state index contributed by atoms with van der Waals surface area (Å²) in [5, 5.41) is 2.72. The minimum Gasteiger partial charge on any atom is -0.495 e. The molecule has 7 nitrogen and oxygen atoms in total. The molecule has 0 radical (unpaired) electrons. The van der Waals surface area contributed by atoms with E-state index in [1.54, 1.807) is 30.3 Å². The van der Waals surface area contributed by atoms with Gasteiger partial charge in [0, 0.05) is 24.3 Å². The topological polar surface area (TPSA) is 84.9 Å². The lowest BCUT2D eigenvalue weighted by molar-refractivity contribution is 0.0729. The van der Waals surface area contributed by atoms with Gasteiger partial charge in [0.25, 0.3) is 5.91 Å². The highest BCUT2D eigenvalue weighted by atomic mass is 32.2. The van der Waals surface area contributed by atoms with Crippen molar-refractivity contribution in [1.82, 2.24) is 4.31 Å². The van der Waals surface area contributed by atoms with Crippen molar-refractivity contribution in [3.63, 3.8) is 0 Å². The number of sulfonamides is 1. The molecule has 1 aliphatic rings. The van der Waals surface area contributed by atoms with Crippen molar-refractivity contribution in [2.75, 3.05) is 38.7 Å². The number of nitrogens with one attached hydrogen (secondary N) is 1. The molecule has 2 aromatic rings. The van der Waals surface area contributed by atoms with Crippen LogP contribution in [0.4, 0.5) is 5.69 Å². The number of nitrogens with zero attached hydrogens (tertiary/aromatic N) is 1. The minimum absolute atomic E-state index is 0.0211. The molecule has 0 saturated carbocycles. The molecule has 8 heteroatoms. The minimum atomic E-state index is -3.75. The zero-order valence-corrected chi connectivity index (χ0v) is 15.2. The zero-order chi connectivity index (χ0) is 18.6. The lowest BCUT2D eigenvalue weighted by Crippen LogP contribution is -2.40. The molecule has 0 aliphatic carbocycles. The van der Waals surface area contributed by atoms with Crippen LogP contribution in [0, 0.1) is 0 Å². The largest absolute Gasteiger partial charge is 0.495 e. The monoisotopic (exact) mass is 376 g/mol. The fraction of sp³-hybridized carbons (Fsp3) is 0.278. The Morgan fingerprint density at radius 2 is 1.81 bits per heavy atom. The second-order valence-electron chi connectivity index (χ2n) is 5.70. The number of carbonyl (C=O) groups is 1. The van der Waals surface area contributed by atoms with Crippen LogP contribution in [0.15, 0.2) is 53.4 Å². The number of hydrogen-bond acceptors (Lipinski definition) is 5. The highest BCUT2D eigenvalue weighted by Gasteiger charge is 2.29. The summed E-state index contributed by atoms with van der Waals surface area (Å²) in [7, 11) is -2.34. The second-order valence-corrected chi connectivity index (χ2v) is 7.61. The summed E-state index contributed by atoms with van der Waals surface area (Å²) >= 11 is 0. The third kappa shape index (κ3) is 3.87. The lowest BCUT2D eigenvalue weighted by atomic mass is 10.2. The van der Waals surface area contributed by atoms with Gasteiger partial charge in [-0.15, -0.1) is 0 Å². The second kappa shape index (κ2) is 7.86. The van der Waals surface area contributed by atoms with Gasteiger partial charge >= 0.3 is 0 Å². The molecule has 2 aromatic carbocycles. The molecule has 3 rings (SSSR count). The van der Waals surface area contributed by atoms with Crippen molar-refractivity contribution < 1.29 is 22.7 Å². The van der Waals surface area contributed by atoms with Crippen LogP contribution in [0.3, 0.4) is 0 Å². The van der Waals surface area contributed by atoms with E-state index in [2.05, 4.69) is 5.32 Å². The van der Waals surface area contributed by atoms with Gasteiger partial charge in [-0.25, -0.2) is 8.42 Å². The standard InChI is InChI=1S/C18H20N2O5S/c1-24-16-8-7-15(19-18(21)14-5-3-2-4-6-14)13-17(16)26(22,23)20-9-11-25-12-10-20/h2-8,13H,9-12H2,1H3,(H,19,21). The number of rotatable bonds is 5. The van der Waals surface area contributed by atoms with Gasteiger partial charge in [-0.05, 0) is 30.3 Å². The molecule has 1 heterocycles. The van der Waals surface area contributed by atoms with Gasteiger partial charge in [0.1, 0.15) is 10.6 Å². The number of carbonyl (C=O) groups excluding carboxylic acids is 1. The lowest BCUT2D eigenvalue weighted by Gasteiger charge is -2.26. The van der Waals surface area contributed by atoms with E-state index in [1.165, 1.54) is 23.5 Å². The maximum atomic E-state index is 13.0. The van der Waals surface area contributed by atoms with Gasteiger partial charge in [-0.2, -0.15) is 4.31 Å².